The van der Waals surface area contributed by atoms with Crippen LogP contribution in [0.25, 0.3) is 0 Å². The highest BCUT2D eigenvalue weighted by Crippen LogP contribution is 2.58. The van der Waals surface area contributed by atoms with Crippen LogP contribution in [0.2, 0.25) is 0 Å². The van der Waals surface area contributed by atoms with Crippen LogP contribution >= 0.6 is 0 Å². The number of hydrogen-bond donors (Lipinski definition) is 2. The zero-order valence-corrected chi connectivity index (χ0v) is 17.6. The Labute approximate surface area is 167 Å². The molecule has 2 N–H and O–H groups in total. The van der Waals surface area contributed by atoms with Crippen molar-refractivity contribution in [3.05, 3.63) is 35.1 Å². The predicted molar refractivity (Wildman–Crippen MR) is 108 cm³/mol. The molecule has 0 unspecified atom stereocenters. The molecule has 1 saturated carbocycles. The summed E-state index contributed by atoms with van der Waals surface area (Å²) in [5.74, 6) is -0.00149. The number of likely N-dealkylation sites (tertiary alicyclic amines) is 1. The molecule has 0 aromatic heterocycles. The highest BCUT2D eigenvalue weighted by atomic mass is 16.3. The summed E-state index contributed by atoms with van der Waals surface area (Å²) in [5.41, 5.74) is 0.320. The van der Waals surface area contributed by atoms with Crippen LogP contribution < -0.4 is 0 Å². The number of likely N-dealkylation sites (N-methyl/N-ethyl adjacent to an activating group) is 1. The normalized spacial score (nSPS) is 40.7. The van der Waals surface area contributed by atoms with Gasteiger partial charge in [0.15, 0.2) is 5.78 Å². The molecule has 2 aliphatic carbocycles. The molecule has 5 nitrogen and oxygen atoms in total. The number of carbonyl (C=O) groups is 2. The van der Waals surface area contributed by atoms with E-state index in [1.54, 1.807) is 0 Å². The van der Waals surface area contributed by atoms with E-state index in [2.05, 4.69) is 26.0 Å². The second-order valence-electron chi connectivity index (χ2n) is 9.09. The summed E-state index contributed by atoms with van der Waals surface area (Å²) < 4.78 is 0. The van der Waals surface area contributed by atoms with Crippen LogP contribution in [0.3, 0.4) is 0 Å². The minimum absolute atomic E-state index is 0.0706. The van der Waals surface area contributed by atoms with Crippen molar-refractivity contribution in [1.29, 1.82) is 0 Å². The molecule has 6 atom stereocenters. The topological polar surface area (TPSA) is 77.8 Å². The maximum atomic E-state index is 12.9. The highest BCUT2D eigenvalue weighted by molar-refractivity contribution is 6.26. The van der Waals surface area contributed by atoms with Gasteiger partial charge in [-0.1, -0.05) is 44.1 Å². The first kappa shape index (κ1) is 20.8. The number of Topliss-reactive ketones (excluding diaryl/α,β-unsaturated/α-hetero) is 1. The van der Waals surface area contributed by atoms with Gasteiger partial charge in [0.05, 0.1) is 6.61 Å². The average molecular weight is 388 g/mol. The quantitative estimate of drug-likeness (QED) is 0.337. The number of aliphatic hydroxyl groups is 2. The Morgan fingerprint density at radius 2 is 2.04 bits per heavy atom. The zero-order valence-electron chi connectivity index (χ0n) is 17.6. The first-order chi connectivity index (χ1) is 13.2. The smallest absolute Gasteiger partial charge is 0.261 e. The molecule has 3 rings (SSSR count). The van der Waals surface area contributed by atoms with Crippen molar-refractivity contribution in [3.63, 3.8) is 0 Å². The highest BCUT2D eigenvalue weighted by Gasteiger charge is 2.55. The van der Waals surface area contributed by atoms with Gasteiger partial charge < -0.3 is 15.1 Å². The van der Waals surface area contributed by atoms with Crippen LogP contribution in [0.5, 0.6) is 0 Å². The third-order valence-corrected chi connectivity index (χ3v) is 7.40. The van der Waals surface area contributed by atoms with Crippen LogP contribution in [0.15, 0.2) is 35.1 Å². The molecular weight excluding hydrogens is 354 g/mol. The van der Waals surface area contributed by atoms with Crippen LogP contribution in [0.1, 0.15) is 47.0 Å². The minimum Gasteiger partial charge on any atom is -0.511 e. The molecule has 0 spiro atoms. The van der Waals surface area contributed by atoms with Crippen molar-refractivity contribution in [1.82, 2.24) is 4.90 Å². The van der Waals surface area contributed by atoms with Crippen molar-refractivity contribution in [3.8, 4) is 0 Å². The molecule has 1 amide bonds. The first-order valence-electron chi connectivity index (χ1n) is 10.3. The molecule has 0 bridgehead atoms. The fourth-order valence-electron chi connectivity index (χ4n) is 5.82. The third-order valence-electron chi connectivity index (χ3n) is 7.40. The maximum absolute atomic E-state index is 12.9. The molecule has 0 aromatic rings. The van der Waals surface area contributed by atoms with E-state index in [4.69, 9.17) is 0 Å². The summed E-state index contributed by atoms with van der Waals surface area (Å²) in [6.07, 6.45) is 9.49. The van der Waals surface area contributed by atoms with E-state index >= 15 is 0 Å². The molecule has 154 valence electrons. The Bertz CT molecular complexity index is 765. The second kappa shape index (κ2) is 7.51. The molecule has 0 radical (unpaired) electrons. The van der Waals surface area contributed by atoms with Gasteiger partial charge in [0.25, 0.3) is 5.91 Å². The fraction of sp³-hybridized carbons (Fsp3) is 0.652. The van der Waals surface area contributed by atoms with Gasteiger partial charge in [0.1, 0.15) is 17.4 Å². The molecule has 1 saturated heterocycles. The number of allylic oxidation sites excluding steroid dienone is 5. The SMILES string of the molecule is CC=C[C@H]1C(C)=C[C@H]2C[C@@H](C)CC[C@@H]2[C@@]1(C)C(O)=C1C(=O)[C@@H](CO)N(C)C1=O. The molecule has 1 aliphatic heterocycles. The van der Waals surface area contributed by atoms with E-state index in [-0.39, 0.29) is 23.2 Å². The van der Waals surface area contributed by atoms with Crippen molar-refractivity contribution in [2.75, 3.05) is 13.7 Å². The Hall–Kier alpha value is -1.88. The Balaban J connectivity index is 2.19. The fourth-order valence-corrected chi connectivity index (χ4v) is 5.82. The van der Waals surface area contributed by atoms with Crippen molar-refractivity contribution < 1.29 is 19.8 Å². The van der Waals surface area contributed by atoms with Gasteiger partial charge in [0.2, 0.25) is 0 Å². The Morgan fingerprint density at radius 1 is 1.36 bits per heavy atom. The lowest BCUT2D eigenvalue weighted by Crippen LogP contribution is -2.46. The number of aliphatic hydroxyl groups excluding tert-OH is 2. The summed E-state index contributed by atoms with van der Waals surface area (Å²) in [6, 6.07) is -0.907. The molecular formula is C23H33NO4. The molecule has 5 heteroatoms. The molecule has 2 fully saturated rings. The number of nitrogens with zero attached hydrogens (tertiary/aromatic N) is 1. The van der Waals surface area contributed by atoms with Crippen molar-refractivity contribution in [2.45, 2.75) is 53.0 Å². The Morgan fingerprint density at radius 3 is 2.61 bits per heavy atom. The van der Waals surface area contributed by atoms with E-state index in [0.29, 0.717) is 11.8 Å². The lowest BCUT2D eigenvalue weighted by Gasteiger charge is -2.52. The number of amides is 1. The predicted octanol–water partition coefficient (Wildman–Crippen LogP) is 3.41. The molecule has 28 heavy (non-hydrogen) atoms. The maximum Gasteiger partial charge on any atom is 0.261 e. The first-order valence-corrected chi connectivity index (χ1v) is 10.3. The van der Waals surface area contributed by atoms with Gasteiger partial charge >= 0.3 is 0 Å². The van der Waals surface area contributed by atoms with E-state index in [1.165, 1.54) is 17.5 Å². The Kier molecular flexibility index (Phi) is 5.59. The summed E-state index contributed by atoms with van der Waals surface area (Å²) in [4.78, 5) is 26.9. The van der Waals surface area contributed by atoms with Gasteiger partial charge in [-0.3, -0.25) is 9.59 Å². The van der Waals surface area contributed by atoms with E-state index < -0.39 is 29.8 Å². The lowest BCUT2D eigenvalue weighted by molar-refractivity contribution is -0.126. The largest absolute Gasteiger partial charge is 0.511 e. The summed E-state index contributed by atoms with van der Waals surface area (Å²) in [6.45, 7) is 7.87. The molecule has 3 aliphatic rings. The van der Waals surface area contributed by atoms with Gasteiger partial charge in [-0.05, 0) is 44.4 Å². The van der Waals surface area contributed by atoms with E-state index in [1.807, 2.05) is 19.9 Å². The number of rotatable bonds is 3. The standard InChI is InChI=1S/C23H33NO4/c1-6-7-16-14(3)11-15-10-13(2)8-9-17(15)23(16,4)21(27)19-20(26)18(12-25)24(5)22(19)28/h6-7,11,13,15-18,25,27H,8-10,12H2,1-5H3/t13-,15+,16-,17-,18+,23-/m0/s1. The number of carbonyl (C=O) groups excluding carboxylic acids is 2. The summed E-state index contributed by atoms with van der Waals surface area (Å²) in [7, 11) is 1.50. The number of ketones is 1. The number of hydrogen-bond acceptors (Lipinski definition) is 4. The summed E-state index contributed by atoms with van der Waals surface area (Å²) in [5, 5.41) is 21.0. The van der Waals surface area contributed by atoms with Crippen LogP contribution in [0.4, 0.5) is 0 Å². The van der Waals surface area contributed by atoms with Gasteiger partial charge in [0, 0.05) is 18.4 Å². The molecule has 0 aromatic carbocycles. The lowest BCUT2D eigenvalue weighted by atomic mass is 9.52. The zero-order chi connectivity index (χ0) is 20.8. The van der Waals surface area contributed by atoms with Crippen LogP contribution in [-0.2, 0) is 9.59 Å². The van der Waals surface area contributed by atoms with Crippen LogP contribution in [-0.4, -0.2) is 46.5 Å². The monoisotopic (exact) mass is 387 g/mol. The number of fused-ring (bicyclic) bond motifs is 1. The van der Waals surface area contributed by atoms with E-state index in [9.17, 15) is 19.8 Å². The third kappa shape index (κ3) is 2.95. The van der Waals surface area contributed by atoms with Crippen LogP contribution in [0, 0.1) is 29.1 Å². The van der Waals surface area contributed by atoms with Gasteiger partial charge in [-0.15, -0.1) is 0 Å². The minimum atomic E-state index is -0.907. The van der Waals surface area contributed by atoms with Crippen molar-refractivity contribution in [2.24, 2.45) is 29.1 Å². The van der Waals surface area contributed by atoms with E-state index in [0.717, 1.165) is 19.3 Å². The van der Waals surface area contributed by atoms with Gasteiger partial charge in [-0.25, -0.2) is 0 Å². The molecule has 1 heterocycles. The summed E-state index contributed by atoms with van der Waals surface area (Å²) >= 11 is 0. The average Bonchev–Trinajstić information content (AvgIpc) is 2.86. The van der Waals surface area contributed by atoms with Crippen molar-refractivity contribution >= 4 is 11.7 Å². The second-order valence-corrected chi connectivity index (χ2v) is 9.09. The van der Waals surface area contributed by atoms with Gasteiger partial charge in [-0.2, -0.15) is 0 Å².